The van der Waals surface area contributed by atoms with Gasteiger partial charge >= 0.3 is 6.18 Å². The second kappa shape index (κ2) is 9.64. The van der Waals surface area contributed by atoms with E-state index in [1.807, 2.05) is 24.3 Å². The highest BCUT2D eigenvalue weighted by molar-refractivity contribution is 7.21. The zero-order valence-corrected chi connectivity index (χ0v) is 19.9. The number of imidazole rings is 1. The number of para-hydroxylation sites is 1. The average molecular weight is 520 g/mol. The fourth-order valence-electron chi connectivity index (χ4n) is 4.47. The Morgan fingerprint density at radius 1 is 1.14 bits per heavy atom. The number of aromatic nitrogens is 5. The molecule has 5 rings (SSSR count). The highest BCUT2D eigenvalue weighted by Gasteiger charge is 2.42. The Labute approximate surface area is 207 Å². The summed E-state index contributed by atoms with van der Waals surface area (Å²) in [7, 11) is 0. The highest BCUT2D eigenvalue weighted by Crippen LogP contribution is 2.38. The molecule has 1 aromatic carbocycles. The fraction of sp³-hybridized carbons (Fsp3) is 0.391. The van der Waals surface area contributed by atoms with E-state index in [-0.39, 0.29) is 17.7 Å². The van der Waals surface area contributed by atoms with Crippen LogP contribution < -0.4 is 10.6 Å². The molecule has 1 saturated carbocycles. The van der Waals surface area contributed by atoms with Crippen LogP contribution in [-0.4, -0.2) is 66.1 Å². The van der Waals surface area contributed by atoms with Crippen LogP contribution in [0.2, 0.25) is 0 Å². The van der Waals surface area contributed by atoms with Crippen molar-refractivity contribution in [1.29, 1.82) is 0 Å². The number of aromatic amines is 1. The number of thiazole rings is 1. The maximum absolute atomic E-state index is 12.8. The van der Waals surface area contributed by atoms with Gasteiger partial charge in [0, 0.05) is 18.8 Å². The summed E-state index contributed by atoms with van der Waals surface area (Å²) in [5.74, 6) is 0.456. The van der Waals surface area contributed by atoms with Crippen LogP contribution in [0.4, 0.5) is 24.9 Å². The lowest BCUT2D eigenvalue weighted by Gasteiger charge is -2.21. The van der Waals surface area contributed by atoms with Gasteiger partial charge in [-0.15, -0.1) is 11.3 Å². The first-order valence-corrected chi connectivity index (χ1v) is 12.2. The number of hydrogen-bond donors (Lipinski definition) is 5. The second-order valence-corrected chi connectivity index (χ2v) is 9.81. The number of nitrogens with zero attached hydrogens (tertiary/aromatic N) is 4. The number of alkyl halides is 3. The molecule has 3 aromatic heterocycles. The third-order valence-corrected chi connectivity index (χ3v) is 7.23. The lowest BCUT2D eigenvalue weighted by molar-refractivity contribution is -0.115. The molecule has 3 heterocycles. The summed E-state index contributed by atoms with van der Waals surface area (Å²) in [6.45, 7) is 0.384. The average Bonchev–Trinajstić information content (AvgIpc) is 3.54. The van der Waals surface area contributed by atoms with Crippen molar-refractivity contribution in [1.82, 2.24) is 24.9 Å². The number of aryl methyl sites for hydroxylation is 1. The van der Waals surface area contributed by atoms with Crippen LogP contribution in [0.25, 0.3) is 20.8 Å². The second-order valence-electron chi connectivity index (χ2n) is 8.78. The Kier molecular flexibility index (Phi) is 6.53. The molecule has 9 nitrogen and oxygen atoms in total. The summed E-state index contributed by atoms with van der Waals surface area (Å²) in [5, 5.41) is 27.4. The molecular formula is C23H24F3N7O2S. The summed E-state index contributed by atoms with van der Waals surface area (Å²) >= 11 is 1.41. The van der Waals surface area contributed by atoms with Gasteiger partial charge in [-0.1, -0.05) is 12.1 Å². The summed E-state index contributed by atoms with van der Waals surface area (Å²) in [6, 6.07) is 6.96. The zero-order valence-electron chi connectivity index (χ0n) is 19.1. The number of aliphatic hydroxyl groups excluding tert-OH is 2. The topological polar surface area (TPSA) is 132 Å². The lowest BCUT2D eigenvalue weighted by Crippen LogP contribution is -2.35. The summed E-state index contributed by atoms with van der Waals surface area (Å²) in [5.41, 5.74) is 1.73. The van der Waals surface area contributed by atoms with E-state index in [0.29, 0.717) is 34.9 Å². The SMILES string of the molecule is Cc1nc(NCC(F)(F)F)nc(N[C@@H]2C[C@H](Cc3ncc[nH]3)[C@@H](O)[C@H]2O)c1-c1nc2ccccc2s1. The van der Waals surface area contributed by atoms with E-state index in [4.69, 9.17) is 0 Å². The Bertz CT molecular complexity index is 1310. The van der Waals surface area contributed by atoms with Crippen LogP contribution in [0.1, 0.15) is 17.9 Å². The molecule has 0 saturated heterocycles. The number of fused-ring (bicyclic) bond motifs is 1. The van der Waals surface area contributed by atoms with Gasteiger partial charge in [0.05, 0.1) is 33.6 Å². The highest BCUT2D eigenvalue weighted by atomic mass is 32.1. The minimum Gasteiger partial charge on any atom is -0.390 e. The number of anilines is 2. The Hall–Kier alpha value is -3.29. The largest absolute Gasteiger partial charge is 0.405 e. The normalized spacial score (nSPS) is 22.3. The minimum absolute atomic E-state index is 0.197. The van der Waals surface area contributed by atoms with Gasteiger partial charge in [-0.2, -0.15) is 18.2 Å². The predicted molar refractivity (Wildman–Crippen MR) is 130 cm³/mol. The van der Waals surface area contributed by atoms with Crippen LogP contribution in [0.15, 0.2) is 36.7 Å². The number of aliphatic hydroxyl groups is 2. The molecule has 36 heavy (non-hydrogen) atoms. The number of H-pyrrole nitrogens is 1. The van der Waals surface area contributed by atoms with Crippen molar-refractivity contribution in [2.24, 2.45) is 5.92 Å². The van der Waals surface area contributed by atoms with Gasteiger partial charge in [0.15, 0.2) is 0 Å². The molecule has 1 aliphatic carbocycles. The molecule has 1 fully saturated rings. The van der Waals surface area contributed by atoms with Gasteiger partial charge in [-0.3, -0.25) is 0 Å². The Balaban J connectivity index is 1.48. The zero-order chi connectivity index (χ0) is 25.4. The first-order valence-electron chi connectivity index (χ1n) is 11.3. The van der Waals surface area contributed by atoms with Crippen LogP contribution in [0, 0.1) is 12.8 Å². The maximum atomic E-state index is 12.8. The first kappa shape index (κ1) is 24.4. The molecule has 5 N–H and O–H groups in total. The van der Waals surface area contributed by atoms with Crippen LogP contribution in [-0.2, 0) is 6.42 Å². The van der Waals surface area contributed by atoms with E-state index < -0.39 is 31.0 Å². The van der Waals surface area contributed by atoms with E-state index >= 15 is 0 Å². The number of hydrogen-bond acceptors (Lipinski definition) is 9. The molecule has 1 aliphatic rings. The lowest BCUT2D eigenvalue weighted by atomic mass is 10.0. The molecule has 190 valence electrons. The maximum Gasteiger partial charge on any atom is 0.405 e. The van der Waals surface area contributed by atoms with Crippen molar-refractivity contribution in [2.75, 3.05) is 17.2 Å². The Morgan fingerprint density at radius 2 is 1.94 bits per heavy atom. The van der Waals surface area contributed by atoms with Gasteiger partial charge in [0.25, 0.3) is 0 Å². The molecule has 0 unspecified atom stereocenters. The van der Waals surface area contributed by atoms with Crippen molar-refractivity contribution in [3.8, 4) is 10.6 Å². The third kappa shape index (κ3) is 5.13. The van der Waals surface area contributed by atoms with Crippen LogP contribution in [0.3, 0.4) is 0 Å². The smallest absolute Gasteiger partial charge is 0.390 e. The van der Waals surface area contributed by atoms with E-state index in [0.717, 1.165) is 10.2 Å². The van der Waals surface area contributed by atoms with E-state index in [9.17, 15) is 23.4 Å². The molecule has 0 aliphatic heterocycles. The number of halogens is 3. The minimum atomic E-state index is -4.44. The standard InChI is InChI=1S/C23H24F3N7O2S/c1-11-17(21-32-13-4-2-3-5-15(13)36-21)20(33-22(30-11)29-10-23(24,25)26)31-14-8-12(18(34)19(14)35)9-16-27-6-7-28-16/h2-7,12,14,18-19,34-35H,8-10H2,1H3,(H,27,28)(H2,29,30,31,33)/t12-,14-,18-,19+/m1/s1. The fourth-order valence-corrected chi connectivity index (χ4v) is 5.54. The quantitative estimate of drug-likeness (QED) is 0.251. The van der Waals surface area contributed by atoms with Gasteiger partial charge < -0.3 is 25.8 Å². The molecule has 0 bridgehead atoms. The summed E-state index contributed by atoms with van der Waals surface area (Å²) in [4.78, 5) is 20.4. The van der Waals surface area contributed by atoms with Gasteiger partial charge in [-0.25, -0.2) is 15.0 Å². The van der Waals surface area contributed by atoms with Crippen molar-refractivity contribution >= 4 is 33.3 Å². The first-order chi connectivity index (χ1) is 17.2. The summed E-state index contributed by atoms with van der Waals surface area (Å²) in [6.07, 6.45) is -2.43. The number of benzene rings is 1. The molecule has 4 aromatic rings. The molecule has 4 atom stereocenters. The van der Waals surface area contributed by atoms with E-state index in [1.54, 1.807) is 19.3 Å². The third-order valence-electron chi connectivity index (χ3n) is 6.18. The van der Waals surface area contributed by atoms with Crippen molar-refractivity contribution in [3.63, 3.8) is 0 Å². The van der Waals surface area contributed by atoms with Gasteiger partial charge in [0.1, 0.15) is 29.3 Å². The van der Waals surface area contributed by atoms with Crippen molar-refractivity contribution in [3.05, 3.63) is 48.2 Å². The van der Waals surface area contributed by atoms with E-state index in [1.165, 1.54) is 11.3 Å². The monoisotopic (exact) mass is 519 g/mol. The van der Waals surface area contributed by atoms with Gasteiger partial charge in [-0.05, 0) is 31.4 Å². The number of nitrogens with one attached hydrogen (secondary N) is 3. The predicted octanol–water partition coefficient (Wildman–Crippen LogP) is 3.52. The summed E-state index contributed by atoms with van der Waals surface area (Å²) < 4.78 is 39.4. The van der Waals surface area contributed by atoms with Crippen molar-refractivity contribution < 1.29 is 23.4 Å². The van der Waals surface area contributed by atoms with E-state index in [2.05, 4.69) is 35.6 Å². The van der Waals surface area contributed by atoms with Crippen LogP contribution >= 0.6 is 11.3 Å². The van der Waals surface area contributed by atoms with Gasteiger partial charge in [0.2, 0.25) is 5.95 Å². The van der Waals surface area contributed by atoms with Crippen molar-refractivity contribution in [2.45, 2.75) is 44.2 Å². The molecule has 0 radical (unpaired) electrons. The number of rotatable bonds is 7. The molecule has 13 heteroatoms. The Morgan fingerprint density at radius 3 is 2.67 bits per heavy atom. The van der Waals surface area contributed by atoms with Crippen LogP contribution in [0.5, 0.6) is 0 Å². The molecule has 0 amide bonds. The molecule has 0 spiro atoms. The molecular weight excluding hydrogens is 495 g/mol.